The van der Waals surface area contributed by atoms with E-state index in [2.05, 4.69) is 400 Å². The molecule has 18 aromatic carbocycles. The molecule has 532 valence electrons. The number of para-hydroxylation sites is 12. The van der Waals surface area contributed by atoms with Crippen LogP contribution in [0.4, 0.5) is 0 Å². The van der Waals surface area contributed by atoms with E-state index in [4.69, 9.17) is 0 Å². The van der Waals surface area contributed by atoms with Crippen LogP contribution < -0.4 is 0 Å². The molecule has 0 N–H and O–H groups in total. The molecule has 12 heterocycles. The maximum absolute atomic E-state index is 2.55. The SMILES string of the molecule is c1ccc(-n2c3ccccc3c3cc4c(cc32)c2cccc3c5cc6c(cc5n4c23)c2cccc3c4cc5c(cc4n6c32)c2ccccc2n5-c2ccccc2)cc1.c1ccc(-n2c3ccccc3c3cc4c5cccc6c7cc8c(cc7n(c4cc32)c65)c2cccc3c4cc5c6ccccc6n(-c6ccccc6)c5cc4n8c23)cc1. The van der Waals surface area contributed by atoms with Gasteiger partial charge in [-0.3, -0.25) is 0 Å². The van der Waals surface area contributed by atoms with E-state index in [0.717, 1.165) is 0 Å². The maximum atomic E-state index is 2.55. The lowest BCUT2D eigenvalue weighted by Gasteiger charge is -2.08. The van der Waals surface area contributed by atoms with Gasteiger partial charge in [-0.05, 0) is 146 Å². The molecule has 30 rings (SSSR count). The Morgan fingerprint density at radius 2 is 0.267 bits per heavy atom. The number of fused-ring (bicyclic) bond motifs is 36. The molecule has 12 aromatic heterocycles. The van der Waals surface area contributed by atoms with Crippen LogP contribution in [-0.4, -0.2) is 35.9 Å². The fourth-order valence-corrected chi connectivity index (χ4v) is 22.2. The summed E-state index contributed by atoms with van der Waals surface area (Å²) >= 11 is 0. The van der Waals surface area contributed by atoms with Crippen LogP contribution in [0.15, 0.2) is 364 Å². The molecular formula is C108H60N8. The normalized spacial score (nSPS) is 12.8. The van der Waals surface area contributed by atoms with Gasteiger partial charge in [0.25, 0.3) is 0 Å². The predicted octanol–water partition coefficient (Wildman–Crippen LogP) is 28.4. The van der Waals surface area contributed by atoms with Crippen molar-refractivity contribution in [3.8, 4) is 22.7 Å². The number of aromatic nitrogens is 8. The molecule has 0 saturated carbocycles. The number of hydrogen-bond acceptors (Lipinski definition) is 0. The molecular weight excluding hydrogens is 1410 g/mol. The third-order valence-electron chi connectivity index (χ3n) is 26.7. The minimum absolute atomic E-state index is 1.17. The molecule has 0 aliphatic carbocycles. The highest BCUT2D eigenvalue weighted by atomic mass is 15.0. The van der Waals surface area contributed by atoms with Gasteiger partial charge in [0, 0.05) is 152 Å². The molecule has 0 saturated heterocycles. The van der Waals surface area contributed by atoms with Crippen LogP contribution in [0.2, 0.25) is 0 Å². The van der Waals surface area contributed by atoms with Gasteiger partial charge in [-0.25, -0.2) is 0 Å². The fourth-order valence-electron chi connectivity index (χ4n) is 22.2. The summed E-state index contributed by atoms with van der Waals surface area (Å²) in [5, 5.41) is 30.9. The Bertz CT molecular complexity index is 9020. The van der Waals surface area contributed by atoms with Crippen molar-refractivity contribution in [1.29, 1.82) is 0 Å². The summed E-state index contributed by atoms with van der Waals surface area (Å²) in [4.78, 5) is 0. The third-order valence-corrected chi connectivity index (χ3v) is 26.7. The molecule has 0 aliphatic heterocycles. The van der Waals surface area contributed by atoms with Gasteiger partial charge in [0.15, 0.2) is 0 Å². The van der Waals surface area contributed by atoms with Crippen molar-refractivity contribution in [2.24, 2.45) is 0 Å². The van der Waals surface area contributed by atoms with E-state index in [1.165, 1.54) is 262 Å². The highest BCUT2D eigenvalue weighted by Gasteiger charge is 2.29. The second-order valence-electron chi connectivity index (χ2n) is 32.2. The summed E-state index contributed by atoms with van der Waals surface area (Å²) in [6.07, 6.45) is 0. The minimum atomic E-state index is 1.17. The summed E-state index contributed by atoms with van der Waals surface area (Å²) < 4.78 is 19.9. The Balaban J connectivity index is 0.000000119. The Morgan fingerprint density at radius 3 is 0.509 bits per heavy atom. The fraction of sp³-hybridized carbons (Fsp3) is 0. The van der Waals surface area contributed by atoms with Gasteiger partial charge >= 0.3 is 0 Å². The van der Waals surface area contributed by atoms with Crippen molar-refractivity contribution >= 4 is 240 Å². The summed E-state index contributed by atoms with van der Waals surface area (Å²) in [5.74, 6) is 0. The molecule has 0 fully saturated rings. The number of nitrogens with zero attached hydrogens (tertiary/aromatic N) is 8. The molecule has 0 bridgehead atoms. The van der Waals surface area contributed by atoms with Crippen LogP contribution in [0, 0.1) is 0 Å². The molecule has 8 nitrogen and oxygen atoms in total. The monoisotopic (exact) mass is 1470 g/mol. The van der Waals surface area contributed by atoms with E-state index in [9.17, 15) is 0 Å². The standard InChI is InChI=1S/2C54H30N4/c1-3-13-31(14-4-1)55-45-23-9-7-17-33(45)39-25-49-41(27-47(39)55)35-19-11-21-37-43-30-52-44(29-51(43)57(49)53(35)37)38-22-12-20-36-42-28-48-40(26-50(42)58(52)54(36)38)34-18-8-10-24-46(34)56(48)32-15-5-2-6-16-32;1-3-13-31(14-4-1)55-45-23-9-7-17-33(45)39-25-41-35-19-11-21-37-43-28-48-44(27-47(43)57(53(35)37)51(41)29-49(39)55)38-22-12-20-36-42-26-40-34-18-8-10-24-46(34)56(32-15-5-2-6-16-32)50(40)30-52(42)58(48)54(36)38/h2*1-30H. The van der Waals surface area contributed by atoms with Crippen molar-refractivity contribution in [2.75, 3.05) is 0 Å². The summed E-state index contributed by atoms with van der Waals surface area (Å²) in [6.45, 7) is 0. The topological polar surface area (TPSA) is 37.4 Å². The average Bonchev–Trinajstić information content (AvgIpc) is 1.51. The smallest absolute Gasteiger partial charge is 0.0620 e. The van der Waals surface area contributed by atoms with Gasteiger partial charge in [0.1, 0.15) is 0 Å². The Kier molecular flexibility index (Phi) is 11.1. The van der Waals surface area contributed by atoms with E-state index in [0.29, 0.717) is 0 Å². The second-order valence-corrected chi connectivity index (χ2v) is 32.2. The highest BCUT2D eigenvalue weighted by Crippen LogP contribution is 2.51. The summed E-state index contributed by atoms with van der Waals surface area (Å²) in [6, 6.07) is 135. The minimum Gasteiger partial charge on any atom is -0.309 e. The van der Waals surface area contributed by atoms with Crippen LogP contribution in [0.3, 0.4) is 0 Å². The number of hydrogen-bond donors (Lipinski definition) is 0. The predicted molar refractivity (Wildman–Crippen MR) is 489 cm³/mol. The van der Waals surface area contributed by atoms with E-state index in [-0.39, 0.29) is 0 Å². The van der Waals surface area contributed by atoms with E-state index < -0.39 is 0 Å². The van der Waals surface area contributed by atoms with Crippen molar-refractivity contribution in [3.63, 3.8) is 0 Å². The maximum Gasteiger partial charge on any atom is 0.0620 e. The largest absolute Gasteiger partial charge is 0.309 e. The molecule has 0 unspecified atom stereocenters. The van der Waals surface area contributed by atoms with E-state index in [1.54, 1.807) is 0 Å². The first kappa shape index (κ1) is 60.1. The third kappa shape index (κ3) is 7.34. The molecule has 0 radical (unpaired) electrons. The highest BCUT2D eigenvalue weighted by molar-refractivity contribution is 6.34. The van der Waals surface area contributed by atoms with Crippen molar-refractivity contribution in [2.45, 2.75) is 0 Å². The molecule has 116 heavy (non-hydrogen) atoms. The zero-order valence-electron chi connectivity index (χ0n) is 62.2. The van der Waals surface area contributed by atoms with Crippen LogP contribution in [0.25, 0.3) is 262 Å². The van der Waals surface area contributed by atoms with Crippen LogP contribution >= 0.6 is 0 Å². The molecule has 0 atom stereocenters. The van der Waals surface area contributed by atoms with E-state index in [1.807, 2.05) is 0 Å². The molecule has 30 aromatic rings. The van der Waals surface area contributed by atoms with Crippen molar-refractivity contribution < 1.29 is 0 Å². The lowest BCUT2D eigenvalue weighted by atomic mass is 10.0. The van der Waals surface area contributed by atoms with Gasteiger partial charge in [-0.2, -0.15) is 0 Å². The zero-order valence-corrected chi connectivity index (χ0v) is 62.2. The first-order valence-electron chi connectivity index (χ1n) is 40.2. The van der Waals surface area contributed by atoms with Crippen LogP contribution in [-0.2, 0) is 0 Å². The van der Waals surface area contributed by atoms with Gasteiger partial charge in [-0.1, -0.05) is 218 Å². The summed E-state index contributed by atoms with van der Waals surface area (Å²) in [7, 11) is 0. The Morgan fingerprint density at radius 1 is 0.103 bits per heavy atom. The quantitative estimate of drug-likeness (QED) is 0.168. The molecule has 0 spiro atoms. The summed E-state index contributed by atoms with van der Waals surface area (Å²) in [5.41, 5.74) is 29.7. The number of rotatable bonds is 4. The second kappa shape index (κ2) is 21.3. The molecule has 0 amide bonds. The van der Waals surface area contributed by atoms with E-state index >= 15 is 0 Å². The first-order valence-corrected chi connectivity index (χ1v) is 40.2. The number of benzene rings is 18. The van der Waals surface area contributed by atoms with Crippen molar-refractivity contribution in [3.05, 3.63) is 364 Å². The van der Waals surface area contributed by atoms with Gasteiger partial charge in [0.2, 0.25) is 0 Å². The first-order chi connectivity index (χ1) is 57.6. The lowest BCUT2D eigenvalue weighted by molar-refractivity contribution is 1.18. The Hall–Kier alpha value is -15.6. The van der Waals surface area contributed by atoms with Crippen molar-refractivity contribution in [1.82, 2.24) is 35.9 Å². The van der Waals surface area contributed by atoms with Gasteiger partial charge in [0.05, 0.1) is 110 Å². The van der Waals surface area contributed by atoms with Gasteiger partial charge < -0.3 is 35.9 Å². The average molecular weight is 1470 g/mol. The lowest BCUT2D eigenvalue weighted by Crippen LogP contribution is -1.93. The van der Waals surface area contributed by atoms with Gasteiger partial charge in [-0.15, -0.1) is 0 Å². The van der Waals surface area contributed by atoms with Crippen LogP contribution in [0.1, 0.15) is 0 Å². The molecule has 8 heteroatoms. The van der Waals surface area contributed by atoms with Crippen LogP contribution in [0.5, 0.6) is 0 Å². The Labute approximate surface area is 657 Å². The zero-order chi connectivity index (χ0) is 74.8. The molecule has 0 aliphatic rings.